The summed E-state index contributed by atoms with van der Waals surface area (Å²) in [6.07, 6.45) is 5.79. The maximum Gasteiger partial charge on any atom is 0.125 e. The van der Waals surface area contributed by atoms with Gasteiger partial charge >= 0.3 is 0 Å². The molecule has 0 spiro atoms. The van der Waals surface area contributed by atoms with Gasteiger partial charge in [-0.25, -0.2) is 9.97 Å². The summed E-state index contributed by atoms with van der Waals surface area (Å²) in [5, 5.41) is 0. The largest absolute Gasteiger partial charge is 0.298 e. The van der Waals surface area contributed by atoms with Crippen LogP contribution in [0.1, 0.15) is 28.3 Å². The van der Waals surface area contributed by atoms with E-state index in [1.54, 1.807) is 0 Å². The molecule has 2 aromatic rings. The van der Waals surface area contributed by atoms with Gasteiger partial charge in [-0.1, -0.05) is 0 Å². The van der Waals surface area contributed by atoms with Crippen molar-refractivity contribution in [3.05, 3.63) is 52.9 Å². The first-order valence-electron chi connectivity index (χ1n) is 7.16. The van der Waals surface area contributed by atoms with Gasteiger partial charge in [0.15, 0.2) is 0 Å². The van der Waals surface area contributed by atoms with Gasteiger partial charge in [-0.15, -0.1) is 0 Å². The third-order valence-corrected chi connectivity index (χ3v) is 3.91. The van der Waals surface area contributed by atoms with E-state index in [-0.39, 0.29) is 0 Å². The molecule has 0 amide bonds. The van der Waals surface area contributed by atoms with Crippen molar-refractivity contribution in [2.24, 2.45) is 0 Å². The number of hydrogen-bond donors (Lipinski definition) is 0. The molecule has 0 unspecified atom stereocenters. The van der Waals surface area contributed by atoms with Crippen molar-refractivity contribution in [1.29, 1.82) is 0 Å². The maximum absolute atomic E-state index is 4.63. The summed E-state index contributed by atoms with van der Waals surface area (Å²) in [4.78, 5) is 15.7. The highest BCUT2D eigenvalue weighted by Crippen LogP contribution is 2.18. The van der Waals surface area contributed by atoms with E-state index in [9.17, 15) is 0 Å². The fourth-order valence-corrected chi connectivity index (χ4v) is 2.89. The van der Waals surface area contributed by atoms with Crippen molar-refractivity contribution in [3.8, 4) is 0 Å². The van der Waals surface area contributed by atoms with Crippen LogP contribution in [0.5, 0.6) is 0 Å². The molecule has 0 saturated heterocycles. The van der Waals surface area contributed by atoms with Crippen LogP contribution >= 0.6 is 0 Å². The molecule has 104 valence electrons. The van der Waals surface area contributed by atoms with Crippen LogP contribution in [0.4, 0.5) is 0 Å². The molecule has 1 aliphatic rings. The molecule has 0 fully saturated rings. The van der Waals surface area contributed by atoms with Crippen LogP contribution in [0.25, 0.3) is 0 Å². The van der Waals surface area contributed by atoms with Crippen LogP contribution in [-0.4, -0.2) is 32.9 Å². The molecule has 2 aromatic heterocycles. The number of fused-ring (bicyclic) bond motifs is 1. The standard InChI is InChI=1S/C16H20N4/c1-12-15-5-9-20(11-14-3-7-17-8-4-14)10-6-16(15)19-13(2)18-12/h3-4,7-8H,5-6,9-11H2,1-2H3. The maximum atomic E-state index is 4.63. The van der Waals surface area contributed by atoms with Gasteiger partial charge in [0.25, 0.3) is 0 Å². The number of rotatable bonds is 2. The summed E-state index contributed by atoms with van der Waals surface area (Å²) in [6, 6.07) is 4.18. The van der Waals surface area contributed by atoms with Crippen molar-refractivity contribution in [2.75, 3.05) is 13.1 Å². The van der Waals surface area contributed by atoms with Gasteiger partial charge in [0.1, 0.15) is 5.82 Å². The molecule has 0 N–H and O–H groups in total. The van der Waals surface area contributed by atoms with Crippen molar-refractivity contribution < 1.29 is 0 Å². The summed E-state index contributed by atoms with van der Waals surface area (Å²) in [6.45, 7) is 7.20. The van der Waals surface area contributed by atoms with Gasteiger partial charge in [-0.05, 0) is 43.5 Å². The Bertz CT molecular complexity index is 595. The molecule has 0 aromatic carbocycles. The highest BCUT2D eigenvalue weighted by Gasteiger charge is 2.17. The van der Waals surface area contributed by atoms with E-state index in [4.69, 9.17) is 0 Å². The predicted molar refractivity (Wildman–Crippen MR) is 78.4 cm³/mol. The number of hydrogen-bond acceptors (Lipinski definition) is 4. The zero-order valence-electron chi connectivity index (χ0n) is 12.1. The molecule has 3 rings (SSSR count). The Labute approximate surface area is 119 Å². The second-order valence-corrected chi connectivity index (χ2v) is 5.41. The molecular weight excluding hydrogens is 248 g/mol. The molecular formula is C16H20N4. The number of aryl methyl sites for hydroxylation is 2. The van der Waals surface area contributed by atoms with Crippen LogP contribution < -0.4 is 0 Å². The molecule has 0 saturated carbocycles. The molecule has 0 atom stereocenters. The third kappa shape index (κ3) is 2.85. The van der Waals surface area contributed by atoms with E-state index in [0.29, 0.717) is 0 Å². The Morgan fingerprint density at radius 2 is 1.80 bits per heavy atom. The van der Waals surface area contributed by atoms with E-state index in [0.717, 1.165) is 44.0 Å². The molecule has 1 aliphatic heterocycles. The lowest BCUT2D eigenvalue weighted by atomic mass is 10.1. The molecule has 3 heterocycles. The first-order valence-corrected chi connectivity index (χ1v) is 7.16. The van der Waals surface area contributed by atoms with E-state index in [1.807, 2.05) is 19.3 Å². The summed E-state index contributed by atoms with van der Waals surface area (Å²) in [7, 11) is 0. The van der Waals surface area contributed by atoms with Crippen molar-refractivity contribution in [2.45, 2.75) is 33.2 Å². The molecule has 0 radical (unpaired) electrons. The van der Waals surface area contributed by atoms with Gasteiger partial charge in [0, 0.05) is 49.8 Å². The minimum atomic E-state index is 0.892. The lowest BCUT2D eigenvalue weighted by Crippen LogP contribution is -2.25. The summed E-state index contributed by atoms with van der Waals surface area (Å²) in [5.74, 6) is 0.892. The molecule has 20 heavy (non-hydrogen) atoms. The van der Waals surface area contributed by atoms with Crippen molar-refractivity contribution >= 4 is 0 Å². The van der Waals surface area contributed by atoms with Crippen molar-refractivity contribution in [3.63, 3.8) is 0 Å². The van der Waals surface area contributed by atoms with Crippen LogP contribution in [-0.2, 0) is 19.4 Å². The summed E-state index contributed by atoms with van der Waals surface area (Å²) < 4.78 is 0. The van der Waals surface area contributed by atoms with Gasteiger partial charge in [0.05, 0.1) is 0 Å². The second-order valence-electron chi connectivity index (χ2n) is 5.41. The zero-order chi connectivity index (χ0) is 13.9. The fourth-order valence-electron chi connectivity index (χ4n) is 2.89. The number of pyridine rings is 1. The van der Waals surface area contributed by atoms with Gasteiger partial charge in [-0.3, -0.25) is 9.88 Å². The lowest BCUT2D eigenvalue weighted by Gasteiger charge is -2.19. The van der Waals surface area contributed by atoms with Crippen molar-refractivity contribution in [1.82, 2.24) is 19.9 Å². The van der Waals surface area contributed by atoms with E-state index in [1.165, 1.54) is 16.8 Å². The highest BCUT2D eigenvalue weighted by molar-refractivity contribution is 5.27. The van der Waals surface area contributed by atoms with Gasteiger partial charge < -0.3 is 0 Å². The number of nitrogens with zero attached hydrogens (tertiary/aromatic N) is 4. The van der Waals surface area contributed by atoms with Gasteiger partial charge in [0.2, 0.25) is 0 Å². The Morgan fingerprint density at radius 1 is 1.05 bits per heavy atom. The van der Waals surface area contributed by atoms with Crippen LogP contribution in [0.15, 0.2) is 24.5 Å². The third-order valence-electron chi connectivity index (χ3n) is 3.91. The highest BCUT2D eigenvalue weighted by atomic mass is 15.1. The Hall–Kier alpha value is -1.81. The van der Waals surface area contributed by atoms with Crippen LogP contribution in [0.2, 0.25) is 0 Å². The zero-order valence-corrected chi connectivity index (χ0v) is 12.1. The van der Waals surface area contributed by atoms with Crippen LogP contribution in [0, 0.1) is 13.8 Å². The monoisotopic (exact) mass is 268 g/mol. The summed E-state index contributed by atoms with van der Waals surface area (Å²) >= 11 is 0. The predicted octanol–water partition coefficient (Wildman–Crippen LogP) is 2.09. The first kappa shape index (κ1) is 13.2. The average molecular weight is 268 g/mol. The normalized spacial score (nSPS) is 15.7. The minimum Gasteiger partial charge on any atom is -0.298 e. The Morgan fingerprint density at radius 3 is 2.60 bits per heavy atom. The molecule has 0 bridgehead atoms. The quantitative estimate of drug-likeness (QED) is 0.836. The van der Waals surface area contributed by atoms with E-state index in [2.05, 4.69) is 38.9 Å². The lowest BCUT2D eigenvalue weighted by molar-refractivity contribution is 0.279. The molecule has 4 nitrogen and oxygen atoms in total. The van der Waals surface area contributed by atoms with E-state index >= 15 is 0 Å². The second kappa shape index (κ2) is 5.67. The summed E-state index contributed by atoms with van der Waals surface area (Å²) in [5.41, 5.74) is 5.07. The van der Waals surface area contributed by atoms with Crippen LogP contribution in [0.3, 0.4) is 0 Å². The average Bonchev–Trinajstić information content (AvgIpc) is 2.63. The number of aromatic nitrogens is 3. The Kier molecular flexibility index (Phi) is 3.74. The smallest absolute Gasteiger partial charge is 0.125 e. The van der Waals surface area contributed by atoms with E-state index < -0.39 is 0 Å². The minimum absolute atomic E-state index is 0.892. The topological polar surface area (TPSA) is 41.9 Å². The van der Waals surface area contributed by atoms with Gasteiger partial charge in [-0.2, -0.15) is 0 Å². The molecule has 0 aliphatic carbocycles. The molecule has 4 heteroatoms. The Balaban J connectivity index is 1.74. The fraction of sp³-hybridized carbons (Fsp3) is 0.438. The first-order chi connectivity index (χ1) is 9.72. The SMILES string of the molecule is Cc1nc(C)c2c(n1)CCN(Cc1ccncc1)CC2.